The second-order valence-electron chi connectivity index (χ2n) is 12.2. The van der Waals surface area contributed by atoms with Gasteiger partial charge in [0.2, 0.25) is 0 Å². The van der Waals surface area contributed by atoms with Crippen molar-refractivity contribution in [2.24, 2.45) is 46.3 Å². The summed E-state index contributed by atoms with van der Waals surface area (Å²) < 4.78 is 15.2. The van der Waals surface area contributed by atoms with E-state index in [1.54, 1.807) is 17.1 Å². The topological polar surface area (TPSA) is 60.7 Å². The largest absolute Gasteiger partial charge is 0.297 e. The monoisotopic (exact) mass is 452 g/mol. The van der Waals surface area contributed by atoms with Gasteiger partial charge in [-0.1, -0.05) is 19.1 Å². The lowest BCUT2D eigenvalue weighted by atomic mass is 9.44. The van der Waals surface area contributed by atoms with Crippen LogP contribution in [0.4, 0.5) is 4.39 Å². The summed E-state index contributed by atoms with van der Waals surface area (Å²) in [6, 6.07) is 1.84. The SMILES string of the molecule is CC12CCC(CF)CC1CCC1C2CCC2(C)C(C(=O)Cn3nnc4ccncc43)CCC12. The number of alkyl halides is 1. The van der Waals surface area contributed by atoms with Gasteiger partial charge in [-0.2, -0.15) is 0 Å². The maximum Gasteiger partial charge on any atom is 0.157 e. The molecule has 0 N–H and O–H groups in total. The van der Waals surface area contributed by atoms with Crippen LogP contribution in [-0.2, 0) is 11.3 Å². The molecule has 4 aliphatic rings. The van der Waals surface area contributed by atoms with Gasteiger partial charge in [-0.05, 0) is 104 Å². The molecular weight excluding hydrogens is 415 g/mol. The van der Waals surface area contributed by atoms with E-state index in [1.165, 1.54) is 32.1 Å². The summed E-state index contributed by atoms with van der Waals surface area (Å²) in [5.41, 5.74) is 2.11. The highest BCUT2D eigenvalue weighted by Gasteiger charge is 2.61. The summed E-state index contributed by atoms with van der Waals surface area (Å²) in [6.45, 7) is 5.11. The second-order valence-corrected chi connectivity index (χ2v) is 12.2. The first-order valence-corrected chi connectivity index (χ1v) is 13.2. The molecule has 2 aromatic heterocycles. The highest BCUT2D eigenvalue weighted by Crippen LogP contribution is 2.67. The van der Waals surface area contributed by atoms with Crippen LogP contribution in [0.15, 0.2) is 18.5 Å². The Hall–Kier alpha value is -1.85. The van der Waals surface area contributed by atoms with Crippen LogP contribution in [0.1, 0.15) is 71.6 Å². The number of nitrogens with zero attached hydrogens (tertiary/aromatic N) is 4. The fourth-order valence-corrected chi connectivity index (χ4v) is 9.20. The molecule has 0 aromatic carbocycles. The van der Waals surface area contributed by atoms with Crippen molar-refractivity contribution >= 4 is 16.8 Å². The van der Waals surface area contributed by atoms with Gasteiger partial charge in [0.05, 0.1) is 12.9 Å². The average molecular weight is 453 g/mol. The number of halogens is 1. The van der Waals surface area contributed by atoms with Crippen LogP contribution < -0.4 is 0 Å². The van der Waals surface area contributed by atoms with Gasteiger partial charge in [-0.25, -0.2) is 4.68 Å². The second kappa shape index (κ2) is 7.84. The Morgan fingerprint density at radius 1 is 1.09 bits per heavy atom. The van der Waals surface area contributed by atoms with Crippen LogP contribution in [0.3, 0.4) is 0 Å². The van der Waals surface area contributed by atoms with E-state index in [2.05, 4.69) is 29.1 Å². The Morgan fingerprint density at radius 3 is 2.76 bits per heavy atom. The Labute approximate surface area is 195 Å². The number of aromatic nitrogens is 4. The summed E-state index contributed by atoms with van der Waals surface area (Å²) in [7, 11) is 0. The predicted octanol–water partition coefficient (Wildman–Crippen LogP) is 5.64. The van der Waals surface area contributed by atoms with E-state index in [9.17, 15) is 9.18 Å². The van der Waals surface area contributed by atoms with Crippen LogP contribution in [0.2, 0.25) is 0 Å². The summed E-state index contributed by atoms with van der Waals surface area (Å²) in [6.07, 6.45) is 14.0. The first kappa shape index (κ1) is 21.7. The van der Waals surface area contributed by atoms with Gasteiger partial charge < -0.3 is 0 Å². The highest BCUT2D eigenvalue weighted by molar-refractivity contribution is 5.84. The molecule has 0 spiro atoms. The fourth-order valence-electron chi connectivity index (χ4n) is 9.20. The fraction of sp³-hybridized carbons (Fsp3) is 0.778. The van der Waals surface area contributed by atoms with E-state index in [0.29, 0.717) is 35.5 Å². The number of carbonyl (C=O) groups excluding carboxylic acids is 1. The summed E-state index contributed by atoms with van der Waals surface area (Å²) in [4.78, 5) is 17.8. The third-order valence-corrected chi connectivity index (χ3v) is 11.0. The number of rotatable bonds is 4. The average Bonchev–Trinajstić information content (AvgIpc) is 3.39. The third-order valence-electron chi connectivity index (χ3n) is 11.0. The van der Waals surface area contributed by atoms with E-state index < -0.39 is 0 Å². The molecule has 33 heavy (non-hydrogen) atoms. The molecule has 8 atom stereocenters. The minimum Gasteiger partial charge on any atom is -0.297 e. The Morgan fingerprint density at radius 2 is 1.91 bits per heavy atom. The number of carbonyl (C=O) groups is 1. The maximum absolute atomic E-state index is 13.6. The molecule has 0 aliphatic heterocycles. The van der Waals surface area contributed by atoms with Crippen LogP contribution in [0, 0.1) is 46.3 Å². The summed E-state index contributed by atoms with van der Waals surface area (Å²) in [5, 5.41) is 8.45. The highest BCUT2D eigenvalue weighted by atomic mass is 19.1. The van der Waals surface area contributed by atoms with Crippen molar-refractivity contribution in [3.63, 3.8) is 0 Å². The molecule has 0 amide bonds. The molecule has 0 bridgehead atoms. The molecule has 4 fully saturated rings. The quantitative estimate of drug-likeness (QED) is 0.602. The van der Waals surface area contributed by atoms with Crippen LogP contribution in [-0.4, -0.2) is 32.4 Å². The Balaban J connectivity index is 1.21. The molecule has 2 aromatic rings. The third kappa shape index (κ3) is 3.22. The van der Waals surface area contributed by atoms with Gasteiger partial charge in [-0.15, -0.1) is 5.10 Å². The maximum atomic E-state index is 13.6. The molecule has 8 unspecified atom stereocenters. The van der Waals surface area contributed by atoms with Gasteiger partial charge in [0.25, 0.3) is 0 Å². The van der Waals surface area contributed by atoms with Gasteiger partial charge in [0.15, 0.2) is 5.78 Å². The number of ketones is 1. The number of pyridine rings is 1. The zero-order chi connectivity index (χ0) is 22.8. The van der Waals surface area contributed by atoms with E-state index >= 15 is 0 Å². The molecule has 4 saturated carbocycles. The first-order chi connectivity index (χ1) is 15.9. The van der Waals surface area contributed by atoms with Gasteiger partial charge >= 0.3 is 0 Å². The van der Waals surface area contributed by atoms with Crippen molar-refractivity contribution in [2.75, 3.05) is 6.67 Å². The smallest absolute Gasteiger partial charge is 0.157 e. The van der Waals surface area contributed by atoms with Crippen molar-refractivity contribution in [3.8, 4) is 0 Å². The lowest BCUT2D eigenvalue weighted by molar-refractivity contribution is -0.137. The zero-order valence-corrected chi connectivity index (χ0v) is 20.0. The van der Waals surface area contributed by atoms with Crippen molar-refractivity contribution < 1.29 is 9.18 Å². The Bertz CT molecular complexity index is 1050. The first-order valence-electron chi connectivity index (χ1n) is 13.2. The normalized spacial score (nSPS) is 42.5. The van der Waals surface area contributed by atoms with Crippen molar-refractivity contribution in [1.29, 1.82) is 0 Å². The molecule has 4 aliphatic carbocycles. The molecule has 6 heteroatoms. The van der Waals surface area contributed by atoms with E-state index in [0.717, 1.165) is 48.6 Å². The molecule has 2 heterocycles. The summed E-state index contributed by atoms with van der Waals surface area (Å²) in [5.74, 6) is 3.58. The van der Waals surface area contributed by atoms with Crippen molar-refractivity contribution in [1.82, 2.24) is 20.0 Å². The minimum absolute atomic E-state index is 0.103. The lowest BCUT2D eigenvalue weighted by Crippen LogP contribution is -2.54. The van der Waals surface area contributed by atoms with Crippen molar-refractivity contribution in [3.05, 3.63) is 18.5 Å². The molecule has 178 valence electrons. The zero-order valence-electron chi connectivity index (χ0n) is 20.0. The van der Waals surface area contributed by atoms with Gasteiger partial charge in [0.1, 0.15) is 17.6 Å². The van der Waals surface area contributed by atoms with E-state index in [-0.39, 0.29) is 18.0 Å². The Kier molecular flexibility index (Phi) is 5.15. The minimum atomic E-state index is -0.137. The van der Waals surface area contributed by atoms with Crippen molar-refractivity contribution in [2.45, 2.75) is 78.2 Å². The number of hydrogen-bond donors (Lipinski definition) is 0. The van der Waals surface area contributed by atoms with Crippen LogP contribution in [0.25, 0.3) is 11.0 Å². The molecule has 0 radical (unpaired) electrons. The number of Topliss-reactive ketones (excluding diaryl/α,β-unsaturated/α-hetero) is 1. The van der Waals surface area contributed by atoms with E-state index in [4.69, 9.17) is 0 Å². The predicted molar refractivity (Wildman–Crippen MR) is 125 cm³/mol. The molecule has 5 nitrogen and oxygen atoms in total. The summed E-state index contributed by atoms with van der Waals surface area (Å²) >= 11 is 0. The standard InChI is InChI=1S/C27H37FN4O/c1-26-10-7-17(14-28)13-18(26)3-4-19-20-5-6-22(27(20,2)11-8-21(19)26)25(33)16-32-24-15-29-12-9-23(24)30-31-32/h9,12,15,17-22H,3-8,10-11,13-14,16H2,1-2H3. The van der Waals surface area contributed by atoms with Crippen LogP contribution in [0.5, 0.6) is 0 Å². The lowest BCUT2D eigenvalue weighted by Gasteiger charge is -2.61. The molecule has 0 saturated heterocycles. The molecule has 6 rings (SSSR count). The van der Waals surface area contributed by atoms with Crippen LogP contribution >= 0.6 is 0 Å². The number of hydrogen-bond acceptors (Lipinski definition) is 4. The van der Waals surface area contributed by atoms with E-state index in [1.807, 2.05) is 6.07 Å². The van der Waals surface area contributed by atoms with Gasteiger partial charge in [0, 0.05) is 12.1 Å². The molecular formula is C27H37FN4O. The number of fused-ring (bicyclic) bond motifs is 6. The van der Waals surface area contributed by atoms with Gasteiger partial charge in [-0.3, -0.25) is 14.2 Å².